The Morgan fingerprint density at radius 2 is 2.23 bits per heavy atom. The van der Waals surface area contributed by atoms with Crippen molar-refractivity contribution in [3.8, 4) is 0 Å². The fourth-order valence-electron chi connectivity index (χ4n) is 1.19. The molecule has 1 rings (SSSR count). The normalized spacial score (nSPS) is 10.2. The first-order valence-electron chi connectivity index (χ1n) is 4.45. The molecule has 0 atom stereocenters. The van der Waals surface area contributed by atoms with Crippen molar-refractivity contribution < 1.29 is 9.90 Å². The largest absolute Gasteiger partial charge is 0.481 e. The lowest BCUT2D eigenvalue weighted by Crippen LogP contribution is -1.94. The lowest BCUT2D eigenvalue weighted by atomic mass is 10.2. The van der Waals surface area contributed by atoms with E-state index in [1.807, 2.05) is 0 Å². The predicted octanol–water partition coefficient (Wildman–Crippen LogP) is 2.85. The quantitative estimate of drug-likeness (QED) is 0.739. The van der Waals surface area contributed by atoms with Crippen molar-refractivity contribution in [3.05, 3.63) is 21.9 Å². The molecule has 0 aliphatic rings. The topological polar surface area (TPSA) is 37.3 Å². The molecule has 13 heavy (non-hydrogen) atoms. The molecular formula is C10H14O2S. The van der Waals surface area contributed by atoms with Crippen LogP contribution < -0.4 is 0 Å². The van der Waals surface area contributed by atoms with Gasteiger partial charge in [-0.1, -0.05) is 0 Å². The molecule has 0 aromatic carbocycles. The third-order valence-corrected chi connectivity index (χ3v) is 2.92. The molecule has 72 valence electrons. The molecule has 0 bridgehead atoms. The molecule has 1 N–H and O–H groups in total. The summed E-state index contributed by atoms with van der Waals surface area (Å²) in [5.74, 6) is -0.692. The Morgan fingerprint density at radius 1 is 1.46 bits per heavy atom. The highest BCUT2D eigenvalue weighted by Gasteiger charge is 1.99. The number of rotatable bonds is 5. The third kappa shape index (κ3) is 4.08. The molecule has 0 saturated carbocycles. The average molecular weight is 198 g/mol. The van der Waals surface area contributed by atoms with Crippen LogP contribution in [0.1, 0.15) is 29.0 Å². The zero-order valence-electron chi connectivity index (χ0n) is 7.75. The van der Waals surface area contributed by atoms with Gasteiger partial charge in [0.2, 0.25) is 0 Å². The predicted molar refractivity (Wildman–Crippen MR) is 54.2 cm³/mol. The van der Waals surface area contributed by atoms with Gasteiger partial charge in [-0.3, -0.25) is 4.79 Å². The highest BCUT2D eigenvalue weighted by molar-refractivity contribution is 7.11. The van der Waals surface area contributed by atoms with Gasteiger partial charge >= 0.3 is 5.97 Å². The van der Waals surface area contributed by atoms with Gasteiger partial charge in [-0.2, -0.15) is 0 Å². The lowest BCUT2D eigenvalue weighted by molar-refractivity contribution is -0.137. The van der Waals surface area contributed by atoms with E-state index >= 15 is 0 Å². The fourth-order valence-corrected chi connectivity index (χ4v) is 2.13. The van der Waals surface area contributed by atoms with Gasteiger partial charge in [0.15, 0.2) is 0 Å². The van der Waals surface area contributed by atoms with E-state index < -0.39 is 5.97 Å². The Hall–Kier alpha value is -0.830. The van der Waals surface area contributed by atoms with Crippen LogP contribution in [0.5, 0.6) is 0 Å². The van der Waals surface area contributed by atoms with E-state index in [1.54, 1.807) is 11.3 Å². The van der Waals surface area contributed by atoms with Gasteiger partial charge in [-0.25, -0.2) is 0 Å². The minimum absolute atomic E-state index is 0.296. The molecule has 1 heterocycles. The van der Waals surface area contributed by atoms with Crippen molar-refractivity contribution in [2.45, 2.75) is 32.6 Å². The third-order valence-electron chi connectivity index (χ3n) is 1.86. The molecule has 2 nitrogen and oxygen atoms in total. The van der Waals surface area contributed by atoms with E-state index in [1.165, 1.54) is 9.75 Å². The summed E-state index contributed by atoms with van der Waals surface area (Å²) in [5, 5.41) is 8.42. The summed E-state index contributed by atoms with van der Waals surface area (Å²) in [7, 11) is 0. The van der Waals surface area contributed by atoms with E-state index in [0.29, 0.717) is 6.42 Å². The molecule has 1 aromatic rings. The van der Waals surface area contributed by atoms with E-state index in [4.69, 9.17) is 5.11 Å². The number of hydrogen-bond acceptors (Lipinski definition) is 2. The molecular weight excluding hydrogens is 184 g/mol. The van der Waals surface area contributed by atoms with Crippen LogP contribution in [0.4, 0.5) is 0 Å². The number of carboxylic acid groups (broad SMARTS) is 1. The summed E-state index contributed by atoms with van der Waals surface area (Å²) < 4.78 is 0. The molecule has 0 aliphatic carbocycles. The van der Waals surface area contributed by atoms with Crippen molar-refractivity contribution in [2.75, 3.05) is 0 Å². The van der Waals surface area contributed by atoms with Crippen LogP contribution in [-0.2, 0) is 11.2 Å². The SMILES string of the molecule is Cc1ccc(CCCCC(=O)O)s1. The number of carboxylic acids is 1. The second-order valence-electron chi connectivity index (χ2n) is 3.11. The van der Waals surface area contributed by atoms with Crippen LogP contribution in [-0.4, -0.2) is 11.1 Å². The van der Waals surface area contributed by atoms with Gasteiger partial charge in [0, 0.05) is 16.2 Å². The molecule has 0 saturated heterocycles. The number of aliphatic carboxylic acids is 1. The molecule has 0 amide bonds. The smallest absolute Gasteiger partial charge is 0.303 e. The number of carbonyl (C=O) groups is 1. The van der Waals surface area contributed by atoms with Crippen molar-refractivity contribution in [3.63, 3.8) is 0 Å². The summed E-state index contributed by atoms with van der Waals surface area (Å²) in [6.07, 6.45) is 3.08. The highest BCUT2D eigenvalue weighted by Crippen LogP contribution is 2.17. The van der Waals surface area contributed by atoms with Crippen molar-refractivity contribution in [1.82, 2.24) is 0 Å². The number of hydrogen-bond donors (Lipinski definition) is 1. The summed E-state index contributed by atoms with van der Waals surface area (Å²) in [6, 6.07) is 4.23. The number of thiophene rings is 1. The first kappa shape index (κ1) is 10.3. The van der Waals surface area contributed by atoms with Crippen molar-refractivity contribution >= 4 is 17.3 Å². The second-order valence-corrected chi connectivity index (χ2v) is 4.49. The maximum atomic E-state index is 10.2. The van der Waals surface area contributed by atoms with Crippen LogP contribution in [0, 0.1) is 6.92 Å². The molecule has 0 fully saturated rings. The van der Waals surface area contributed by atoms with E-state index in [-0.39, 0.29) is 0 Å². The standard InChI is InChI=1S/C10H14O2S/c1-8-6-7-9(13-8)4-2-3-5-10(11)12/h6-7H,2-5H2,1H3,(H,11,12). The molecule has 0 spiro atoms. The Labute approximate surface area is 82.2 Å². The highest BCUT2D eigenvalue weighted by atomic mass is 32.1. The molecule has 3 heteroatoms. The summed E-state index contributed by atoms with van der Waals surface area (Å²) in [5.41, 5.74) is 0. The van der Waals surface area contributed by atoms with Crippen molar-refractivity contribution in [2.24, 2.45) is 0 Å². The second kappa shape index (κ2) is 5.02. The number of unbranched alkanes of at least 4 members (excludes halogenated alkanes) is 1. The van der Waals surface area contributed by atoms with Crippen LogP contribution in [0.3, 0.4) is 0 Å². The maximum Gasteiger partial charge on any atom is 0.303 e. The monoisotopic (exact) mass is 198 g/mol. The molecule has 0 radical (unpaired) electrons. The van der Waals surface area contributed by atoms with Gasteiger partial charge in [0.05, 0.1) is 0 Å². The molecule has 0 aliphatic heterocycles. The lowest BCUT2D eigenvalue weighted by Gasteiger charge is -1.95. The van der Waals surface area contributed by atoms with E-state index in [2.05, 4.69) is 19.1 Å². The Morgan fingerprint density at radius 3 is 2.77 bits per heavy atom. The first-order valence-corrected chi connectivity index (χ1v) is 5.27. The Balaban J connectivity index is 2.16. The zero-order chi connectivity index (χ0) is 9.68. The van der Waals surface area contributed by atoms with Gasteiger partial charge in [-0.15, -0.1) is 11.3 Å². The van der Waals surface area contributed by atoms with Gasteiger partial charge in [0.1, 0.15) is 0 Å². The average Bonchev–Trinajstić information content (AvgIpc) is 2.45. The van der Waals surface area contributed by atoms with Gasteiger partial charge in [-0.05, 0) is 38.3 Å². The number of aryl methyl sites for hydroxylation is 2. The van der Waals surface area contributed by atoms with Crippen LogP contribution in [0.2, 0.25) is 0 Å². The minimum atomic E-state index is -0.692. The Bertz CT molecular complexity index is 278. The fraction of sp³-hybridized carbons (Fsp3) is 0.500. The van der Waals surface area contributed by atoms with Crippen molar-refractivity contribution in [1.29, 1.82) is 0 Å². The van der Waals surface area contributed by atoms with E-state index in [9.17, 15) is 4.79 Å². The van der Waals surface area contributed by atoms with Crippen LogP contribution in [0.25, 0.3) is 0 Å². The van der Waals surface area contributed by atoms with Crippen LogP contribution in [0.15, 0.2) is 12.1 Å². The Kier molecular flexibility index (Phi) is 3.96. The first-order chi connectivity index (χ1) is 6.18. The van der Waals surface area contributed by atoms with Gasteiger partial charge in [0.25, 0.3) is 0 Å². The summed E-state index contributed by atoms with van der Waals surface area (Å²) in [4.78, 5) is 12.9. The zero-order valence-corrected chi connectivity index (χ0v) is 8.56. The van der Waals surface area contributed by atoms with Gasteiger partial charge < -0.3 is 5.11 Å². The summed E-state index contributed by atoms with van der Waals surface area (Å²) >= 11 is 1.80. The summed E-state index contributed by atoms with van der Waals surface area (Å²) in [6.45, 7) is 2.09. The molecule has 1 aromatic heterocycles. The minimum Gasteiger partial charge on any atom is -0.481 e. The van der Waals surface area contributed by atoms with Crippen LogP contribution >= 0.6 is 11.3 Å². The molecule has 0 unspecified atom stereocenters. The van der Waals surface area contributed by atoms with E-state index in [0.717, 1.165) is 19.3 Å². The maximum absolute atomic E-state index is 10.2.